The molecule has 0 heterocycles. The Labute approximate surface area is 121 Å². The van der Waals surface area contributed by atoms with E-state index in [0.29, 0.717) is 5.69 Å². The molecule has 1 unspecified atom stereocenters. The Balaban J connectivity index is 2.14. The van der Waals surface area contributed by atoms with Crippen LogP contribution in [0.25, 0.3) is 0 Å². The summed E-state index contributed by atoms with van der Waals surface area (Å²) < 4.78 is 0.864. The number of para-hydroxylation sites is 1. The molecule has 3 nitrogen and oxygen atoms in total. The van der Waals surface area contributed by atoms with Crippen molar-refractivity contribution >= 4 is 33.2 Å². The van der Waals surface area contributed by atoms with Crippen molar-refractivity contribution in [2.75, 3.05) is 11.1 Å². The summed E-state index contributed by atoms with van der Waals surface area (Å²) in [6.45, 7) is 1.86. The first-order valence-electron chi connectivity index (χ1n) is 5.99. The molecule has 0 saturated heterocycles. The quantitative estimate of drug-likeness (QED) is 0.846. The number of hydrogen-bond acceptors (Lipinski definition) is 2. The van der Waals surface area contributed by atoms with E-state index in [-0.39, 0.29) is 11.8 Å². The molecular weight excluding hydrogens is 304 g/mol. The van der Waals surface area contributed by atoms with Crippen molar-refractivity contribution in [1.29, 1.82) is 0 Å². The van der Waals surface area contributed by atoms with Gasteiger partial charge in [0.15, 0.2) is 0 Å². The Morgan fingerprint density at radius 3 is 2.63 bits per heavy atom. The molecule has 2 rings (SSSR count). The van der Waals surface area contributed by atoms with Crippen molar-refractivity contribution in [2.45, 2.75) is 12.8 Å². The molecule has 0 aromatic heterocycles. The van der Waals surface area contributed by atoms with E-state index in [1.807, 2.05) is 55.5 Å². The van der Waals surface area contributed by atoms with Gasteiger partial charge in [0.05, 0.1) is 11.6 Å². The van der Waals surface area contributed by atoms with E-state index < -0.39 is 0 Å². The second-order valence-corrected chi connectivity index (χ2v) is 5.22. The Hall–Kier alpha value is -1.81. The molecule has 1 atom stereocenters. The van der Waals surface area contributed by atoms with Crippen LogP contribution in [0, 0.1) is 0 Å². The second kappa shape index (κ2) is 5.89. The minimum Gasteiger partial charge on any atom is -0.399 e. The van der Waals surface area contributed by atoms with Crippen LogP contribution in [-0.2, 0) is 4.79 Å². The smallest absolute Gasteiger partial charge is 0.231 e. The van der Waals surface area contributed by atoms with Crippen LogP contribution in [0.1, 0.15) is 18.4 Å². The van der Waals surface area contributed by atoms with E-state index in [2.05, 4.69) is 21.2 Å². The zero-order valence-corrected chi connectivity index (χ0v) is 12.1. The highest BCUT2D eigenvalue weighted by atomic mass is 79.9. The van der Waals surface area contributed by atoms with Gasteiger partial charge >= 0.3 is 0 Å². The molecule has 3 N–H and O–H groups in total. The molecule has 98 valence electrons. The van der Waals surface area contributed by atoms with E-state index in [9.17, 15) is 4.79 Å². The molecule has 0 aliphatic heterocycles. The maximum Gasteiger partial charge on any atom is 0.231 e. The van der Waals surface area contributed by atoms with Gasteiger partial charge in [0.25, 0.3) is 0 Å². The monoisotopic (exact) mass is 318 g/mol. The van der Waals surface area contributed by atoms with E-state index in [1.54, 1.807) is 0 Å². The molecule has 19 heavy (non-hydrogen) atoms. The SMILES string of the molecule is CC(C(=O)Nc1ccccc1Br)c1cccc(N)c1. The first-order valence-corrected chi connectivity index (χ1v) is 6.78. The fraction of sp³-hybridized carbons (Fsp3) is 0.133. The Morgan fingerprint density at radius 2 is 1.95 bits per heavy atom. The van der Waals surface area contributed by atoms with Gasteiger partial charge in [-0.1, -0.05) is 24.3 Å². The highest BCUT2D eigenvalue weighted by Crippen LogP contribution is 2.24. The van der Waals surface area contributed by atoms with E-state index in [0.717, 1.165) is 15.7 Å². The predicted octanol–water partition coefficient (Wildman–Crippen LogP) is 3.77. The van der Waals surface area contributed by atoms with Crippen molar-refractivity contribution in [1.82, 2.24) is 0 Å². The zero-order chi connectivity index (χ0) is 13.8. The van der Waals surface area contributed by atoms with Crippen molar-refractivity contribution in [3.63, 3.8) is 0 Å². The molecule has 4 heteroatoms. The second-order valence-electron chi connectivity index (χ2n) is 4.36. The lowest BCUT2D eigenvalue weighted by Gasteiger charge is -2.14. The van der Waals surface area contributed by atoms with E-state index in [1.165, 1.54) is 0 Å². The van der Waals surface area contributed by atoms with Crippen LogP contribution in [0.3, 0.4) is 0 Å². The van der Waals surface area contributed by atoms with Gasteiger partial charge in [-0.25, -0.2) is 0 Å². The standard InChI is InChI=1S/C15H15BrN2O/c1-10(11-5-4-6-12(17)9-11)15(19)18-14-8-3-2-7-13(14)16/h2-10H,17H2,1H3,(H,18,19). The molecule has 0 aliphatic rings. The first kappa shape index (κ1) is 13.6. The van der Waals surface area contributed by atoms with Crippen LogP contribution >= 0.6 is 15.9 Å². The molecular formula is C15H15BrN2O. The Bertz CT molecular complexity index is 598. The number of anilines is 2. The summed E-state index contributed by atoms with van der Waals surface area (Å²) in [5, 5.41) is 2.90. The summed E-state index contributed by atoms with van der Waals surface area (Å²) in [6, 6.07) is 14.9. The van der Waals surface area contributed by atoms with E-state index >= 15 is 0 Å². The van der Waals surface area contributed by atoms with E-state index in [4.69, 9.17) is 5.73 Å². The minimum absolute atomic E-state index is 0.0579. The molecule has 0 spiro atoms. The van der Waals surface area contributed by atoms with Crippen LogP contribution in [0.5, 0.6) is 0 Å². The molecule has 2 aromatic carbocycles. The summed E-state index contributed by atoms with van der Waals surface area (Å²) in [7, 11) is 0. The fourth-order valence-corrected chi connectivity index (χ4v) is 2.17. The third-order valence-electron chi connectivity index (χ3n) is 2.94. The highest BCUT2D eigenvalue weighted by molar-refractivity contribution is 9.10. The summed E-state index contributed by atoms with van der Waals surface area (Å²) in [5.74, 6) is -0.312. The number of nitrogens with two attached hydrogens (primary N) is 1. The molecule has 0 radical (unpaired) electrons. The van der Waals surface area contributed by atoms with Crippen molar-refractivity contribution < 1.29 is 4.79 Å². The number of amides is 1. The van der Waals surface area contributed by atoms with Crippen LogP contribution in [0.2, 0.25) is 0 Å². The van der Waals surface area contributed by atoms with Gasteiger partial charge < -0.3 is 11.1 Å². The van der Waals surface area contributed by atoms with Gasteiger partial charge in [-0.15, -0.1) is 0 Å². The van der Waals surface area contributed by atoms with Crippen molar-refractivity contribution in [3.8, 4) is 0 Å². The lowest BCUT2D eigenvalue weighted by Crippen LogP contribution is -2.19. The first-order chi connectivity index (χ1) is 9.08. The third-order valence-corrected chi connectivity index (χ3v) is 3.63. The van der Waals surface area contributed by atoms with Crippen LogP contribution in [-0.4, -0.2) is 5.91 Å². The number of hydrogen-bond donors (Lipinski definition) is 2. The third kappa shape index (κ3) is 3.35. The van der Waals surface area contributed by atoms with Gasteiger partial charge in [-0.2, -0.15) is 0 Å². The minimum atomic E-state index is -0.254. The van der Waals surface area contributed by atoms with Gasteiger partial charge in [0.1, 0.15) is 0 Å². The number of rotatable bonds is 3. The number of benzene rings is 2. The molecule has 0 fully saturated rings. The number of carbonyl (C=O) groups is 1. The molecule has 1 amide bonds. The number of nitrogen functional groups attached to an aromatic ring is 1. The van der Waals surface area contributed by atoms with Gasteiger partial charge in [0.2, 0.25) is 5.91 Å². The molecule has 0 aliphatic carbocycles. The largest absolute Gasteiger partial charge is 0.399 e. The summed E-state index contributed by atoms with van der Waals surface area (Å²) in [6.07, 6.45) is 0. The van der Waals surface area contributed by atoms with Crippen LogP contribution < -0.4 is 11.1 Å². The average molecular weight is 319 g/mol. The topological polar surface area (TPSA) is 55.1 Å². The maximum absolute atomic E-state index is 12.2. The van der Waals surface area contributed by atoms with Gasteiger partial charge in [0, 0.05) is 10.2 Å². The van der Waals surface area contributed by atoms with Crippen LogP contribution in [0.15, 0.2) is 53.0 Å². The lowest BCUT2D eigenvalue weighted by atomic mass is 10.00. The lowest BCUT2D eigenvalue weighted by molar-refractivity contribution is -0.117. The average Bonchev–Trinajstić information content (AvgIpc) is 2.40. The maximum atomic E-state index is 12.2. The summed E-state index contributed by atoms with van der Waals surface area (Å²) in [4.78, 5) is 12.2. The highest BCUT2D eigenvalue weighted by Gasteiger charge is 2.16. The normalized spacial score (nSPS) is 11.9. The Kier molecular flexibility index (Phi) is 4.22. The summed E-state index contributed by atoms with van der Waals surface area (Å²) >= 11 is 3.41. The number of nitrogens with one attached hydrogen (secondary N) is 1. The predicted molar refractivity (Wildman–Crippen MR) is 82.0 cm³/mol. The van der Waals surface area contributed by atoms with Crippen molar-refractivity contribution in [2.24, 2.45) is 0 Å². The Morgan fingerprint density at radius 1 is 1.21 bits per heavy atom. The van der Waals surface area contributed by atoms with Gasteiger partial charge in [-0.3, -0.25) is 4.79 Å². The molecule has 2 aromatic rings. The number of carbonyl (C=O) groups excluding carboxylic acids is 1. The van der Waals surface area contributed by atoms with Crippen LogP contribution in [0.4, 0.5) is 11.4 Å². The van der Waals surface area contributed by atoms with Crippen molar-refractivity contribution in [3.05, 3.63) is 58.6 Å². The van der Waals surface area contributed by atoms with Gasteiger partial charge in [-0.05, 0) is 52.7 Å². The fourth-order valence-electron chi connectivity index (χ4n) is 1.78. The number of halogens is 1. The zero-order valence-electron chi connectivity index (χ0n) is 10.6. The molecule has 0 saturated carbocycles. The molecule has 0 bridgehead atoms. The summed E-state index contributed by atoms with van der Waals surface area (Å²) in [5.41, 5.74) is 8.07.